The second-order valence-corrected chi connectivity index (χ2v) is 8.47. The van der Waals surface area contributed by atoms with Gasteiger partial charge in [0, 0.05) is 31.7 Å². The van der Waals surface area contributed by atoms with Crippen LogP contribution < -0.4 is 0 Å². The molecule has 1 atom stereocenters. The van der Waals surface area contributed by atoms with Crippen LogP contribution >= 0.6 is 0 Å². The molecule has 3 heteroatoms. The van der Waals surface area contributed by atoms with Gasteiger partial charge in [0.25, 0.3) is 0 Å². The van der Waals surface area contributed by atoms with Crippen molar-refractivity contribution in [2.45, 2.75) is 52.2 Å². The summed E-state index contributed by atoms with van der Waals surface area (Å²) in [6, 6.07) is 10.9. The first kappa shape index (κ1) is 19.4. The fourth-order valence-electron chi connectivity index (χ4n) is 4.42. The van der Waals surface area contributed by atoms with Crippen molar-refractivity contribution in [1.82, 2.24) is 9.80 Å². The minimum Gasteiger partial charge on any atom is -0.376 e. The molecule has 136 valence electrons. The van der Waals surface area contributed by atoms with Gasteiger partial charge in [0.1, 0.15) is 0 Å². The van der Waals surface area contributed by atoms with Crippen molar-refractivity contribution >= 4 is 0 Å². The van der Waals surface area contributed by atoms with E-state index in [0.717, 1.165) is 45.6 Å². The molecule has 1 aliphatic rings. The van der Waals surface area contributed by atoms with Crippen LogP contribution in [0.25, 0.3) is 0 Å². The van der Waals surface area contributed by atoms with Gasteiger partial charge in [0.2, 0.25) is 0 Å². The number of rotatable bonds is 8. The molecule has 1 aliphatic heterocycles. The molecular weight excluding hydrogens is 296 g/mol. The molecular formula is C21H36N2O. The average Bonchev–Trinajstić information content (AvgIpc) is 2.46. The van der Waals surface area contributed by atoms with E-state index < -0.39 is 0 Å². The lowest BCUT2D eigenvalue weighted by molar-refractivity contribution is -0.117. The van der Waals surface area contributed by atoms with E-state index in [1.165, 1.54) is 12.0 Å². The molecule has 0 N–H and O–H groups in total. The summed E-state index contributed by atoms with van der Waals surface area (Å²) in [5, 5.41) is 0. The van der Waals surface area contributed by atoms with Crippen LogP contribution in [0, 0.1) is 5.41 Å². The highest BCUT2D eigenvalue weighted by molar-refractivity contribution is 5.14. The zero-order valence-electron chi connectivity index (χ0n) is 16.3. The Bertz CT molecular complexity index is 486. The smallest absolute Gasteiger partial charge is 0.0632 e. The molecule has 1 heterocycles. The van der Waals surface area contributed by atoms with E-state index in [1.807, 2.05) is 0 Å². The van der Waals surface area contributed by atoms with Crippen molar-refractivity contribution in [3.8, 4) is 0 Å². The van der Waals surface area contributed by atoms with E-state index >= 15 is 0 Å². The van der Waals surface area contributed by atoms with Gasteiger partial charge in [-0.2, -0.15) is 0 Å². The minimum absolute atomic E-state index is 0.0150. The van der Waals surface area contributed by atoms with Crippen LogP contribution in [0.15, 0.2) is 30.3 Å². The maximum absolute atomic E-state index is 6.02. The van der Waals surface area contributed by atoms with Crippen LogP contribution in [0.5, 0.6) is 0 Å². The lowest BCUT2D eigenvalue weighted by atomic mass is 9.73. The van der Waals surface area contributed by atoms with Crippen LogP contribution in [-0.4, -0.2) is 55.7 Å². The second kappa shape index (κ2) is 8.46. The molecule has 0 amide bonds. The number of nitrogens with zero attached hydrogens (tertiary/aromatic N) is 2. The number of hydrogen-bond donors (Lipinski definition) is 0. The van der Waals surface area contributed by atoms with Gasteiger partial charge in [-0.05, 0) is 59.3 Å². The van der Waals surface area contributed by atoms with E-state index in [9.17, 15) is 0 Å². The van der Waals surface area contributed by atoms with Gasteiger partial charge >= 0.3 is 0 Å². The van der Waals surface area contributed by atoms with Gasteiger partial charge in [-0.1, -0.05) is 37.3 Å². The summed E-state index contributed by atoms with van der Waals surface area (Å²) >= 11 is 0. The Balaban J connectivity index is 2.14. The number of ether oxygens (including phenoxy) is 1. The van der Waals surface area contributed by atoms with Gasteiger partial charge in [-0.3, -0.25) is 4.90 Å². The molecule has 1 fully saturated rings. The molecule has 0 unspecified atom stereocenters. The van der Waals surface area contributed by atoms with Gasteiger partial charge in [0.05, 0.1) is 5.60 Å². The molecule has 1 aromatic rings. The molecule has 2 rings (SSSR count). The lowest BCUT2D eigenvalue weighted by Gasteiger charge is -2.48. The van der Waals surface area contributed by atoms with Gasteiger partial charge < -0.3 is 9.64 Å². The first-order valence-electron chi connectivity index (χ1n) is 9.39. The summed E-state index contributed by atoms with van der Waals surface area (Å²) in [5.41, 5.74) is 1.71. The van der Waals surface area contributed by atoms with E-state index in [2.05, 4.69) is 75.0 Å². The first-order valence-corrected chi connectivity index (χ1v) is 9.39. The third kappa shape index (κ3) is 5.87. The predicted octanol–water partition coefficient (Wildman–Crippen LogP) is 4.04. The second-order valence-electron chi connectivity index (χ2n) is 8.47. The Kier molecular flexibility index (Phi) is 6.85. The van der Waals surface area contributed by atoms with Crippen LogP contribution in [0.2, 0.25) is 0 Å². The lowest BCUT2D eigenvalue weighted by Crippen LogP contribution is -2.51. The molecule has 1 saturated heterocycles. The quantitative estimate of drug-likeness (QED) is 0.715. The Hall–Kier alpha value is -0.900. The Morgan fingerprint density at radius 2 is 1.79 bits per heavy atom. The summed E-state index contributed by atoms with van der Waals surface area (Å²) in [5.74, 6) is 0. The highest BCUT2D eigenvalue weighted by Crippen LogP contribution is 2.40. The fourth-order valence-corrected chi connectivity index (χ4v) is 4.42. The van der Waals surface area contributed by atoms with Crippen molar-refractivity contribution in [3.63, 3.8) is 0 Å². The summed E-state index contributed by atoms with van der Waals surface area (Å²) in [7, 11) is 4.40. The van der Waals surface area contributed by atoms with Gasteiger partial charge in [0.15, 0.2) is 0 Å². The van der Waals surface area contributed by atoms with E-state index in [4.69, 9.17) is 4.74 Å². The Labute approximate surface area is 149 Å². The number of hydrogen-bond acceptors (Lipinski definition) is 3. The Morgan fingerprint density at radius 1 is 1.08 bits per heavy atom. The predicted molar refractivity (Wildman–Crippen MR) is 102 cm³/mol. The van der Waals surface area contributed by atoms with Crippen molar-refractivity contribution in [2.24, 2.45) is 5.41 Å². The SMILES string of the molecule is CCCN(Cc1ccccc1)C[C@@]1(CN(C)C)CCOC(C)(C)C1. The number of benzene rings is 1. The molecule has 0 spiro atoms. The van der Waals surface area contributed by atoms with E-state index in [0.29, 0.717) is 5.41 Å². The summed E-state index contributed by atoms with van der Waals surface area (Å²) < 4.78 is 6.02. The highest BCUT2D eigenvalue weighted by Gasteiger charge is 2.42. The minimum atomic E-state index is -0.0150. The third-order valence-corrected chi connectivity index (χ3v) is 4.93. The molecule has 0 bridgehead atoms. The van der Waals surface area contributed by atoms with Crippen LogP contribution in [-0.2, 0) is 11.3 Å². The Morgan fingerprint density at radius 3 is 2.38 bits per heavy atom. The third-order valence-electron chi connectivity index (χ3n) is 4.93. The molecule has 0 aromatic heterocycles. The van der Waals surface area contributed by atoms with Crippen molar-refractivity contribution in [2.75, 3.05) is 40.3 Å². The molecule has 1 aromatic carbocycles. The average molecular weight is 333 g/mol. The van der Waals surface area contributed by atoms with Crippen molar-refractivity contribution in [1.29, 1.82) is 0 Å². The molecule has 0 radical (unpaired) electrons. The van der Waals surface area contributed by atoms with Gasteiger partial charge in [-0.15, -0.1) is 0 Å². The standard InChI is InChI=1S/C21H36N2O/c1-6-13-23(15-19-10-8-7-9-11-19)18-21(17-22(4)5)12-14-24-20(2,3)16-21/h7-11H,6,12-18H2,1-5H3/t21-/m0/s1. The first-order chi connectivity index (χ1) is 11.3. The van der Waals surface area contributed by atoms with E-state index in [-0.39, 0.29) is 5.60 Å². The molecule has 0 aliphatic carbocycles. The topological polar surface area (TPSA) is 15.7 Å². The summed E-state index contributed by atoms with van der Waals surface area (Å²) in [6.07, 6.45) is 3.49. The molecule has 24 heavy (non-hydrogen) atoms. The molecule has 3 nitrogen and oxygen atoms in total. The maximum atomic E-state index is 6.02. The van der Waals surface area contributed by atoms with Crippen molar-refractivity contribution < 1.29 is 4.74 Å². The zero-order chi connectivity index (χ0) is 17.6. The maximum Gasteiger partial charge on any atom is 0.0632 e. The van der Waals surface area contributed by atoms with Crippen LogP contribution in [0.4, 0.5) is 0 Å². The normalized spacial score (nSPS) is 23.8. The van der Waals surface area contributed by atoms with Gasteiger partial charge in [-0.25, -0.2) is 0 Å². The summed E-state index contributed by atoms with van der Waals surface area (Å²) in [4.78, 5) is 5.01. The fraction of sp³-hybridized carbons (Fsp3) is 0.714. The van der Waals surface area contributed by atoms with Crippen LogP contribution in [0.3, 0.4) is 0 Å². The monoisotopic (exact) mass is 332 g/mol. The zero-order valence-corrected chi connectivity index (χ0v) is 16.3. The highest BCUT2D eigenvalue weighted by atomic mass is 16.5. The summed E-state index contributed by atoms with van der Waals surface area (Å²) in [6.45, 7) is 12.2. The van der Waals surface area contributed by atoms with Crippen LogP contribution in [0.1, 0.15) is 45.6 Å². The van der Waals surface area contributed by atoms with E-state index in [1.54, 1.807) is 0 Å². The largest absolute Gasteiger partial charge is 0.376 e. The molecule has 0 saturated carbocycles. The van der Waals surface area contributed by atoms with Crippen molar-refractivity contribution in [3.05, 3.63) is 35.9 Å².